The summed E-state index contributed by atoms with van der Waals surface area (Å²) in [6.45, 7) is 6.83. The Morgan fingerprint density at radius 2 is 1.40 bits per heavy atom. The van der Waals surface area contributed by atoms with Gasteiger partial charge in [-0.15, -0.1) is 0 Å². The van der Waals surface area contributed by atoms with E-state index in [-0.39, 0.29) is 6.15 Å². The lowest BCUT2D eigenvalue weighted by atomic mass is 9.80. The van der Waals surface area contributed by atoms with E-state index in [0.29, 0.717) is 5.41 Å². The first-order valence-corrected chi connectivity index (χ1v) is 5.69. The molecule has 84 valence electrons. The van der Waals surface area contributed by atoms with Gasteiger partial charge in [-0.2, -0.15) is 0 Å². The molecule has 2 rings (SSSR count). The first kappa shape index (κ1) is 12.3. The largest absolute Gasteiger partial charge is 0.344 e. The summed E-state index contributed by atoms with van der Waals surface area (Å²) in [6.07, 6.45) is 5.55. The van der Waals surface area contributed by atoms with Crippen LogP contribution in [0.25, 0.3) is 0 Å². The smallest absolute Gasteiger partial charge is 0.00751 e. The molecule has 0 radical (unpaired) electrons. The van der Waals surface area contributed by atoms with Crippen molar-refractivity contribution in [3.63, 3.8) is 0 Å². The molecule has 0 aromatic heterocycles. The predicted molar refractivity (Wildman–Crippen MR) is 66.8 cm³/mol. The Kier molecular flexibility index (Phi) is 3.56. The van der Waals surface area contributed by atoms with Crippen LogP contribution in [0.15, 0.2) is 18.2 Å². The SMILES string of the molecule is Cc1cc(C)cc(C2(C)CCCC2)c1.N. The molecule has 0 saturated heterocycles. The van der Waals surface area contributed by atoms with Gasteiger partial charge in [-0.1, -0.05) is 49.1 Å². The second-order valence-electron chi connectivity index (χ2n) is 5.14. The third-order valence-electron chi connectivity index (χ3n) is 3.63. The topological polar surface area (TPSA) is 35.0 Å². The minimum atomic E-state index is 0. The van der Waals surface area contributed by atoms with Crippen molar-refractivity contribution in [2.75, 3.05) is 0 Å². The van der Waals surface area contributed by atoms with E-state index in [2.05, 4.69) is 39.0 Å². The highest BCUT2D eigenvalue weighted by molar-refractivity contribution is 5.34. The molecule has 0 bridgehead atoms. The number of benzene rings is 1. The van der Waals surface area contributed by atoms with Crippen LogP contribution < -0.4 is 6.15 Å². The Labute approximate surface area is 93.5 Å². The summed E-state index contributed by atoms with van der Waals surface area (Å²) in [5.41, 5.74) is 4.85. The molecule has 1 aliphatic carbocycles. The van der Waals surface area contributed by atoms with Crippen LogP contribution in [-0.4, -0.2) is 0 Å². The summed E-state index contributed by atoms with van der Waals surface area (Å²) in [4.78, 5) is 0. The summed E-state index contributed by atoms with van der Waals surface area (Å²) in [5, 5.41) is 0. The summed E-state index contributed by atoms with van der Waals surface area (Å²) in [5.74, 6) is 0. The van der Waals surface area contributed by atoms with Crippen LogP contribution in [-0.2, 0) is 5.41 Å². The summed E-state index contributed by atoms with van der Waals surface area (Å²) in [7, 11) is 0. The van der Waals surface area contributed by atoms with Crippen LogP contribution >= 0.6 is 0 Å². The lowest BCUT2D eigenvalue weighted by Gasteiger charge is -2.25. The molecule has 1 heteroatoms. The van der Waals surface area contributed by atoms with Crippen LogP contribution in [0.1, 0.15) is 49.3 Å². The molecule has 1 aromatic carbocycles. The second-order valence-corrected chi connectivity index (χ2v) is 5.14. The van der Waals surface area contributed by atoms with Crippen molar-refractivity contribution in [1.29, 1.82) is 0 Å². The van der Waals surface area contributed by atoms with E-state index in [1.54, 1.807) is 5.56 Å². The third kappa shape index (κ3) is 2.40. The van der Waals surface area contributed by atoms with E-state index in [1.807, 2.05) is 0 Å². The molecule has 0 amide bonds. The zero-order valence-electron chi connectivity index (χ0n) is 10.3. The molecule has 0 unspecified atom stereocenters. The molecule has 1 aromatic rings. The second kappa shape index (κ2) is 4.36. The molecule has 0 aliphatic heterocycles. The lowest BCUT2D eigenvalue weighted by molar-refractivity contribution is 0.491. The maximum atomic E-state index is 2.42. The number of rotatable bonds is 1. The number of aryl methyl sites for hydroxylation is 2. The van der Waals surface area contributed by atoms with Gasteiger partial charge in [0, 0.05) is 0 Å². The van der Waals surface area contributed by atoms with E-state index in [1.165, 1.54) is 36.8 Å². The van der Waals surface area contributed by atoms with Crippen molar-refractivity contribution >= 4 is 0 Å². The van der Waals surface area contributed by atoms with E-state index in [9.17, 15) is 0 Å². The van der Waals surface area contributed by atoms with Crippen molar-refractivity contribution in [3.8, 4) is 0 Å². The quantitative estimate of drug-likeness (QED) is 0.729. The zero-order chi connectivity index (χ0) is 10.2. The Morgan fingerprint density at radius 1 is 0.933 bits per heavy atom. The van der Waals surface area contributed by atoms with E-state index in [4.69, 9.17) is 0 Å². The van der Waals surface area contributed by atoms with Gasteiger partial charge in [-0.3, -0.25) is 0 Å². The lowest BCUT2D eigenvalue weighted by Crippen LogP contribution is -2.16. The van der Waals surface area contributed by atoms with Crippen LogP contribution in [0.3, 0.4) is 0 Å². The molecular weight excluding hydrogens is 182 g/mol. The minimum absolute atomic E-state index is 0. The molecule has 1 nitrogen and oxygen atoms in total. The Bertz CT molecular complexity index is 315. The Balaban J connectivity index is 0.00000112. The van der Waals surface area contributed by atoms with Gasteiger partial charge in [0.2, 0.25) is 0 Å². The van der Waals surface area contributed by atoms with Crippen molar-refractivity contribution in [2.45, 2.75) is 51.9 Å². The average Bonchev–Trinajstić information content (AvgIpc) is 2.52. The van der Waals surface area contributed by atoms with Gasteiger partial charge in [0.1, 0.15) is 0 Å². The van der Waals surface area contributed by atoms with Crippen LogP contribution in [0.5, 0.6) is 0 Å². The summed E-state index contributed by atoms with van der Waals surface area (Å²) < 4.78 is 0. The van der Waals surface area contributed by atoms with Crippen molar-refractivity contribution in [3.05, 3.63) is 34.9 Å². The van der Waals surface area contributed by atoms with Gasteiger partial charge < -0.3 is 6.15 Å². The third-order valence-corrected chi connectivity index (χ3v) is 3.63. The Morgan fingerprint density at radius 3 is 1.87 bits per heavy atom. The van der Waals surface area contributed by atoms with Gasteiger partial charge >= 0.3 is 0 Å². The molecule has 15 heavy (non-hydrogen) atoms. The van der Waals surface area contributed by atoms with E-state index in [0.717, 1.165) is 0 Å². The minimum Gasteiger partial charge on any atom is -0.344 e. The average molecular weight is 205 g/mol. The van der Waals surface area contributed by atoms with Crippen LogP contribution in [0, 0.1) is 13.8 Å². The van der Waals surface area contributed by atoms with Crippen LogP contribution in [0.4, 0.5) is 0 Å². The molecule has 3 N–H and O–H groups in total. The normalized spacial score (nSPS) is 18.6. The van der Waals surface area contributed by atoms with Gasteiger partial charge in [-0.25, -0.2) is 0 Å². The fourth-order valence-corrected chi connectivity index (χ4v) is 2.77. The first-order chi connectivity index (χ1) is 6.60. The maximum absolute atomic E-state index is 2.42. The molecule has 1 fully saturated rings. The molecular formula is C14H23N. The molecule has 0 atom stereocenters. The van der Waals surface area contributed by atoms with Crippen molar-refractivity contribution < 1.29 is 0 Å². The molecule has 1 aliphatic rings. The number of hydrogen-bond donors (Lipinski definition) is 1. The fraction of sp³-hybridized carbons (Fsp3) is 0.571. The van der Waals surface area contributed by atoms with Crippen molar-refractivity contribution in [2.24, 2.45) is 0 Å². The monoisotopic (exact) mass is 205 g/mol. The predicted octanol–water partition coefficient (Wildman–Crippen LogP) is 4.30. The maximum Gasteiger partial charge on any atom is -0.00751 e. The molecule has 0 spiro atoms. The standard InChI is InChI=1S/C14H20.H3N/c1-11-8-12(2)10-13(9-11)14(3)6-4-5-7-14;/h8-10H,4-7H2,1-3H3;1H3. The highest BCUT2D eigenvalue weighted by atomic mass is 14.3. The Hall–Kier alpha value is -0.820. The molecule has 0 heterocycles. The number of hydrogen-bond acceptors (Lipinski definition) is 1. The van der Waals surface area contributed by atoms with E-state index >= 15 is 0 Å². The molecule has 1 saturated carbocycles. The van der Waals surface area contributed by atoms with Crippen LogP contribution in [0.2, 0.25) is 0 Å². The fourth-order valence-electron chi connectivity index (χ4n) is 2.77. The van der Waals surface area contributed by atoms with Gasteiger partial charge in [0.25, 0.3) is 0 Å². The zero-order valence-corrected chi connectivity index (χ0v) is 10.3. The summed E-state index contributed by atoms with van der Waals surface area (Å²) >= 11 is 0. The summed E-state index contributed by atoms with van der Waals surface area (Å²) in [6, 6.07) is 7.01. The van der Waals surface area contributed by atoms with E-state index < -0.39 is 0 Å². The first-order valence-electron chi connectivity index (χ1n) is 5.69. The van der Waals surface area contributed by atoms with Gasteiger partial charge in [0.05, 0.1) is 0 Å². The van der Waals surface area contributed by atoms with Gasteiger partial charge in [-0.05, 0) is 37.7 Å². The highest BCUT2D eigenvalue weighted by Gasteiger charge is 2.30. The van der Waals surface area contributed by atoms with Gasteiger partial charge in [0.15, 0.2) is 0 Å². The highest BCUT2D eigenvalue weighted by Crippen LogP contribution is 2.40. The van der Waals surface area contributed by atoms with Crippen molar-refractivity contribution in [1.82, 2.24) is 6.15 Å².